The van der Waals surface area contributed by atoms with Gasteiger partial charge in [0.1, 0.15) is 5.82 Å². The maximum atomic E-state index is 14.4. The van der Waals surface area contributed by atoms with Gasteiger partial charge in [0, 0.05) is 35.3 Å². The fourth-order valence-electron chi connectivity index (χ4n) is 3.57. The SMILES string of the molecule is COC(=O)c1ccc(CNC(=O)c2cccc3ccn(Cc4ccc(Cl)cc4)c23)c(F)c1. The van der Waals surface area contributed by atoms with Crippen LogP contribution < -0.4 is 5.32 Å². The highest BCUT2D eigenvalue weighted by molar-refractivity contribution is 6.30. The zero-order valence-corrected chi connectivity index (χ0v) is 18.0. The topological polar surface area (TPSA) is 60.3 Å². The number of nitrogens with zero attached hydrogens (tertiary/aromatic N) is 1. The van der Waals surface area contributed by atoms with Crippen molar-refractivity contribution in [2.45, 2.75) is 13.1 Å². The number of ether oxygens (including phenoxy) is 1. The fraction of sp³-hybridized carbons (Fsp3) is 0.120. The predicted octanol–water partition coefficient (Wildman–Crippen LogP) is 5.20. The van der Waals surface area contributed by atoms with Crippen molar-refractivity contribution < 1.29 is 18.7 Å². The summed E-state index contributed by atoms with van der Waals surface area (Å²) in [5, 5.41) is 4.37. The van der Waals surface area contributed by atoms with Crippen LogP contribution in [-0.4, -0.2) is 23.6 Å². The van der Waals surface area contributed by atoms with Crippen molar-refractivity contribution in [3.8, 4) is 0 Å². The first-order valence-electron chi connectivity index (χ1n) is 9.93. The van der Waals surface area contributed by atoms with Gasteiger partial charge in [-0.15, -0.1) is 0 Å². The van der Waals surface area contributed by atoms with Crippen LogP contribution in [0.2, 0.25) is 5.02 Å². The molecule has 4 rings (SSSR count). The van der Waals surface area contributed by atoms with E-state index in [0.29, 0.717) is 17.1 Å². The van der Waals surface area contributed by atoms with E-state index >= 15 is 0 Å². The van der Waals surface area contributed by atoms with E-state index in [1.165, 1.54) is 19.2 Å². The quantitative estimate of drug-likeness (QED) is 0.411. The van der Waals surface area contributed by atoms with Gasteiger partial charge in [0.15, 0.2) is 0 Å². The number of aromatic nitrogens is 1. The molecule has 0 spiro atoms. The number of fused-ring (bicyclic) bond motifs is 1. The molecule has 0 aliphatic heterocycles. The second kappa shape index (κ2) is 9.24. The summed E-state index contributed by atoms with van der Waals surface area (Å²) in [4.78, 5) is 24.5. The first-order chi connectivity index (χ1) is 15.5. The van der Waals surface area contributed by atoms with Crippen LogP contribution >= 0.6 is 11.6 Å². The third-order valence-corrected chi connectivity index (χ3v) is 5.46. The van der Waals surface area contributed by atoms with E-state index in [-0.39, 0.29) is 23.6 Å². The molecule has 0 aliphatic carbocycles. The molecular weight excluding hydrogens is 431 g/mol. The summed E-state index contributed by atoms with van der Waals surface area (Å²) in [5.74, 6) is -1.52. The average molecular weight is 451 g/mol. The molecule has 0 atom stereocenters. The highest BCUT2D eigenvalue weighted by Crippen LogP contribution is 2.22. The van der Waals surface area contributed by atoms with E-state index in [9.17, 15) is 14.0 Å². The molecule has 0 radical (unpaired) electrons. The lowest BCUT2D eigenvalue weighted by atomic mass is 10.1. The molecule has 0 saturated heterocycles. The second-order valence-corrected chi connectivity index (χ2v) is 7.73. The Kier molecular flexibility index (Phi) is 6.23. The Morgan fingerprint density at radius 3 is 2.56 bits per heavy atom. The van der Waals surface area contributed by atoms with Crippen molar-refractivity contribution in [1.82, 2.24) is 9.88 Å². The van der Waals surface area contributed by atoms with Gasteiger partial charge in [-0.25, -0.2) is 9.18 Å². The molecule has 0 unspecified atom stereocenters. The zero-order valence-electron chi connectivity index (χ0n) is 17.3. The van der Waals surface area contributed by atoms with Crippen LogP contribution in [0.3, 0.4) is 0 Å². The summed E-state index contributed by atoms with van der Waals surface area (Å²) < 4.78 is 21.0. The van der Waals surface area contributed by atoms with E-state index < -0.39 is 11.8 Å². The molecular formula is C25H20ClFN2O3. The molecule has 0 aliphatic rings. The Morgan fingerprint density at radius 1 is 1.06 bits per heavy atom. The molecule has 1 aromatic heterocycles. The summed E-state index contributed by atoms with van der Waals surface area (Å²) in [7, 11) is 1.23. The van der Waals surface area contributed by atoms with Crippen LogP contribution in [0.4, 0.5) is 4.39 Å². The van der Waals surface area contributed by atoms with Crippen LogP contribution in [-0.2, 0) is 17.8 Å². The van der Waals surface area contributed by atoms with Crippen molar-refractivity contribution in [1.29, 1.82) is 0 Å². The number of carbonyl (C=O) groups excluding carboxylic acids is 2. The lowest BCUT2D eigenvalue weighted by molar-refractivity contribution is 0.0600. The number of benzene rings is 3. The van der Waals surface area contributed by atoms with Crippen LogP contribution in [0.25, 0.3) is 10.9 Å². The highest BCUT2D eigenvalue weighted by Gasteiger charge is 2.15. The summed E-state index contributed by atoms with van der Waals surface area (Å²) in [6.07, 6.45) is 1.93. The number of para-hydroxylation sites is 1. The molecule has 0 fully saturated rings. The van der Waals surface area contributed by atoms with Crippen LogP contribution in [0.15, 0.2) is 72.9 Å². The van der Waals surface area contributed by atoms with Gasteiger partial charge in [-0.3, -0.25) is 4.79 Å². The van der Waals surface area contributed by atoms with E-state index in [1.54, 1.807) is 6.07 Å². The van der Waals surface area contributed by atoms with Crippen molar-refractivity contribution in [3.63, 3.8) is 0 Å². The van der Waals surface area contributed by atoms with E-state index in [0.717, 1.165) is 22.5 Å². The van der Waals surface area contributed by atoms with Crippen molar-refractivity contribution in [2.24, 2.45) is 0 Å². The molecule has 0 bridgehead atoms. The molecule has 1 heterocycles. The number of hydrogen-bond donors (Lipinski definition) is 1. The third kappa shape index (κ3) is 4.50. The number of esters is 1. The Labute approximate surface area is 189 Å². The summed E-state index contributed by atoms with van der Waals surface area (Å²) in [6.45, 7) is 0.564. The van der Waals surface area contributed by atoms with E-state index in [1.807, 2.05) is 53.2 Å². The molecule has 4 aromatic rings. The molecule has 32 heavy (non-hydrogen) atoms. The number of halogens is 2. The standard InChI is InChI=1S/C25H20ClFN2O3/c1-32-25(31)18-7-8-19(22(27)13-18)14-28-24(30)21-4-2-3-17-11-12-29(23(17)21)15-16-5-9-20(26)10-6-16/h2-13H,14-15H2,1H3,(H,28,30). The van der Waals surface area contributed by atoms with Gasteiger partial charge in [-0.2, -0.15) is 0 Å². The molecule has 7 heteroatoms. The first kappa shape index (κ1) is 21.6. The van der Waals surface area contributed by atoms with Crippen molar-refractivity contribution in [3.05, 3.63) is 106 Å². The molecule has 0 saturated carbocycles. The number of carbonyl (C=O) groups is 2. The minimum atomic E-state index is -0.618. The zero-order chi connectivity index (χ0) is 22.7. The second-order valence-electron chi connectivity index (χ2n) is 7.29. The van der Waals surface area contributed by atoms with Gasteiger partial charge in [0.05, 0.1) is 23.8 Å². The van der Waals surface area contributed by atoms with Crippen LogP contribution in [0.1, 0.15) is 31.8 Å². The normalized spacial score (nSPS) is 10.8. The smallest absolute Gasteiger partial charge is 0.337 e. The molecule has 162 valence electrons. The summed E-state index contributed by atoms with van der Waals surface area (Å²) in [5.41, 5.74) is 2.73. The average Bonchev–Trinajstić information content (AvgIpc) is 3.22. The monoisotopic (exact) mass is 450 g/mol. The fourth-order valence-corrected chi connectivity index (χ4v) is 3.69. The van der Waals surface area contributed by atoms with Gasteiger partial charge in [0.25, 0.3) is 5.91 Å². The Hall–Kier alpha value is -3.64. The van der Waals surface area contributed by atoms with E-state index in [4.69, 9.17) is 11.6 Å². The lowest BCUT2D eigenvalue weighted by Gasteiger charge is -2.12. The number of amides is 1. The maximum Gasteiger partial charge on any atom is 0.337 e. The van der Waals surface area contributed by atoms with Gasteiger partial charge in [0.2, 0.25) is 0 Å². The summed E-state index contributed by atoms with van der Waals surface area (Å²) in [6, 6.07) is 19.0. The Morgan fingerprint density at radius 2 is 1.84 bits per heavy atom. The number of nitrogens with one attached hydrogen (secondary N) is 1. The number of rotatable bonds is 6. The lowest BCUT2D eigenvalue weighted by Crippen LogP contribution is -2.24. The van der Waals surface area contributed by atoms with Crippen LogP contribution in [0, 0.1) is 5.82 Å². The Bertz CT molecular complexity index is 1300. The summed E-state index contributed by atoms with van der Waals surface area (Å²) >= 11 is 5.97. The largest absolute Gasteiger partial charge is 0.465 e. The highest BCUT2D eigenvalue weighted by atomic mass is 35.5. The van der Waals surface area contributed by atoms with Crippen LogP contribution in [0.5, 0.6) is 0 Å². The molecule has 3 aromatic carbocycles. The molecule has 1 N–H and O–H groups in total. The Balaban J connectivity index is 1.55. The number of hydrogen-bond acceptors (Lipinski definition) is 3. The van der Waals surface area contributed by atoms with Crippen molar-refractivity contribution in [2.75, 3.05) is 7.11 Å². The van der Waals surface area contributed by atoms with Gasteiger partial charge in [-0.05, 0) is 42.0 Å². The molecule has 5 nitrogen and oxygen atoms in total. The number of methoxy groups -OCH3 is 1. The van der Waals surface area contributed by atoms with Gasteiger partial charge in [-0.1, -0.05) is 41.9 Å². The van der Waals surface area contributed by atoms with Crippen molar-refractivity contribution >= 4 is 34.4 Å². The van der Waals surface area contributed by atoms with Gasteiger partial charge < -0.3 is 14.6 Å². The maximum absolute atomic E-state index is 14.4. The predicted molar refractivity (Wildman–Crippen MR) is 121 cm³/mol. The third-order valence-electron chi connectivity index (χ3n) is 5.21. The first-order valence-corrected chi connectivity index (χ1v) is 10.3. The van der Waals surface area contributed by atoms with E-state index in [2.05, 4.69) is 10.1 Å². The molecule has 1 amide bonds. The minimum Gasteiger partial charge on any atom is -0.465 e. The minimum absolute atomic E-state index is 0.0135. The van der Waals surface area contributed by atoms with Gasteiger partial charge >= 0.3 is 5.97 Å².